The summed E-state index contributed by atoms with van der Waals surface area (Å²) in [5.74, 6) is 4.63. The van der Waals surface area contributed by atoms with Gasteiger partial charge in [0.1, 0.15) is 24.4 Å². The Hall–Kier alpha value is -2.44. The van der Waals surface area contributed by atoms with Crippen LogP contribution in [0, 0.1) is 17.8 Å². The number of carbonyl (C=O) groups excluding carboxylic acids is 2. The van der Waals surface area contributed by atoms with E-state index < -0.39 is 36.4 Å². The molecule has 1 saturated heterocycles. The number of ether oxygens (including phenoxy) is 2. The van der Waals surface area contributed by atoms with Crippen molar-refractivity contribution in [2.75, 3.05) is 13.7 Å². The van der Waals surface area contributed by atoms with Gasteiger partial charge in [-0.25, -0.2) is 0 Å². The van der Waals surface area contributed by atoms with Crippen molar-refractivity contribution in [3.8, 4) is 11.8 Å². The van der Waals surface area contributed by atoms with E-state index in [1.54, 1.807) is 0 Å². The Bertz CT molecular complexity index is 789. The van der Waals surface area contributed by atoms with Crippen molar-refractivity contribution in [1.82, 2.24) is 10.6 Å². The summed E-state index contributed by atoms with van der Waals surface area (Å²) in [7, 11) is 1.28. The number of nitrogens with one attached hydrogen (secondary N) is 2. The lowest BCUT2D eigenvalue weighted by molar-refractivity contribution is -0.158. The van der Waals surface area contributed by atoms with Gasteiger partial charge in [0.25, 0.3) is 5.91 Å². The number of aliphatic hydroxyl groups is 2. The van der Waals surface area contributed by atoms with E-state index in [4.69, 9.17) is 9.47 Å². The largest absolute Gasteiger partial charge is 0.387 e. The van der Waals surface area contributed by atoms with Crippen molar-refractivity contribution in [2.24, 2.45) is 5.92 Å². The molecule has 0 aliphatic carbocycles. The molecule has 1 aliphatic rings. The first-order valence-electron chi connectivity index (χ1n) is 11.0. The van der Waals surface area contributed by atoms with Gasteiger partial charge >= 0.3 is 0 Å². The molecule has 32 heavy (non-hydrogen) atoms. The summed E-state index contributed by atoms with van der Waals surface area (Å²) < 4.78 is 11.1. The second-order valence-electron chi connectivity index (χ2n) is 8.14. The van der Waals surface area contributed by atoms with Crippen LogP contribution in [0.15, 0.2) is 30.3 Å². The molecule has 1 fully saturated rings. The summed E-state index contributed by atoms with van der Waals surface area (Å²) in [5, 5.41) is 27.0. The summed E-state index contributed by atoms with van der Waals surface area (Å²) >= 11 is 0. The van der Waals surface area contributed by atoms with E-state index in [0.29, 0.717) is 13.0 Å². The van der Waals surface area contributed by atoms with E-state index in [1.165, 1.54) is 7.11 Å². The zero-order valence-electron chi connectivity index (χ0n) is 18.9. The molecule has 0 bridgehead atoms. The summed E-state index contributed by atoms with van der Waals surface area (Å²) in [6.45, 7) is 4.42. The van der Waals surface area contributed by atoms with Gasteiger partial charge in [0.15, 0.2) is 6.10 Å². The molecule has 0 unspecified atom stereocenters. The van der Waals surface area contributed by atoms with E-state index in [2.05, 4.69) is 22.5 Å². The molecule has 8 heteroatoms. The highest BCUT2D eigenvalue weighted by atomic mass is 16.5. The Morgan fingerprint density at radius 1 is 1.22 bits per heavy atom. The Labute approximate surface area is 189 Å². The number of hydrogen-bond donors (Lipinski definition) is 4. The lowest BCUT2D eigenvalue weighted by Gasteiger charge is -2.30. The lowest BCUT2D eigenvalue weighted by atomic mass is 10.0. The summed E-state index contributed by atoms with van der Waals surface area (Å²) in [5.41, 5.74) is 0.835. The molecule has 0 saturated carbocycles. The number of benzene rings is 1. The van der Waals surface area contributed by atoms with Gasteiger partial charge in [-0.3, -0.25) is 9.59 Å². The fourth-order valence-corrected chi connectivity index (χ4v) is 3.38. The number of carbonyl (C=O) groups is 2. The van der Waals surface area contributed by atoms with Crippen molar-refractivity contribution in [1.29, 1.82) is 0 Å². The van der Waals surface area contributed by atoms with Gasteiger partial charge in [0.05, 0.1) is 6.61 Å². The van der Waals surface area contributed by atoms with Crippen LogP contribution in [0.4, 0.5) is 0 Å². The highest BCUT2D eigenvalue weighted by Crippen LogP contribution is 2.16. The van der Waals surface area contributed by atoms with Crippen molar-refractivity contribution in [3.05, 3.63) is 35.9 Å². The molecule has 4 N–H and O–H groups in total. The topological polar surface area (TPSA) is 117 Å². The van der Waals surface area contributed by atoms with E-state index >= 15 is 0 Å². The van der Waals surface area contributed by atoms with Gasteiger partial charge in [-0.2, -0.15) is 0 Å². The maximum atomic E-state index is 12.9. The molecule has 8 nitrogen and oxygen atoms in total. The first kappa shape index (κ1) is 25.8. The molecule has 0 radical (unpaired) electrons. The third-order valence-corrected chi connectivity index (χ3v) is 5.13. The Morgan fingerprint density at radius 3 is 2.59 bits per heavy atom. The first-order chi connectivity index (χ1) is 15.3. The monoisotopic (exact) mass is 446 g/mol. The van der Waals surface area contributed by atoms with E-state index in [-0.39, 0.29) is 18.4 Å². The first-order valence-corrected chi connectivity index (χ1v) is 11.0. The van der Waals surface area contributed by atoms with E-state index in [9.17, 15) is 19.8 Å². The van der Waals surface area contributed by atoms with Gasteiger partial charge in [-0.1, -0.05) is 56.0 Å². The Balaban J connectivity index is 2.15. The van der Waals surface area contributed by atoms with Gasteiger partial charge in [0, 0.05) is 19.6 Å². The number of aliphatic hydroxyl groups excluding tert-OH is 2. The maximum absolute atomic E-state index is 12.9. The summed E-state index contributed by atoms with van der Waals surface area (Å²) in [4.78, 5) is 25.0. The second kappa shape index (κ2) is 13.2. The SMILES string of the molecule is CO[C@@H](C(=O)N[C@H]1CCCCNC1=O)[C@H](O)[C@@H](OCc1ccccc1)[C@H](O)C#CC(C)C. The Morgan fingerprint density at radius 2 is 1.94 bits per heavy atom. The van der Waals surface area contributed by atoms with E-state index in [0.717, 1.165) is 18.4 Å². The van der Waals surface area contributed by atoms with Crippen LogP contribution in [0.1, 0.15) is 38.7 Å². The lowest BCUT2D eigenvalue weighted by Crippen LogP contribution is -2.56. The van der Waals surface area contributed by atoms with Crippen molar-refractivity contribution < 1.29 is 29.3 Å². The third-order valence-electron chi connectivity index (χ3n) is 5.13. The van der Waals surface area contributed by atoms with Crippen molar-refractivity contribution in [3.63, 3.8) is 0 Å². The zero-order chi connectivity index (χ0) is 23.5. The molecule has 176 valence electrons. The van der Waals surface area contributed by atoms with Crippen molar-refractivity contribution >= 4 is 11.8 Å². The predicted molar refractivity (Wildman–Crippen MR) is 119 cm³/mol. The quantitative estimate of drug-likeness (QED) is 0.416. The number of rotatable bonds is 9. The average Bonchev–Trinajstić information content (AvgIpc) is 2.97. The van der Waals surface area contributed by atoms with Crippen LogP contribution in [0.2, 0.25) is 0 Å². The molecule has 0 spiro atoms. The summed E-state index contributed by atoms with van der Waals surface area (Å²) in [6.07, 6.45) is -3.31. The summed E-state index contributed by atoms with van der Waals surface area (Å²) in [6, 6.07) is 8.56. The molecule has 5 atom stereocenters. The van der Waals surface area contributed by atoms with Crippen LogP contribution in [0.25, 0.3) is 0 Å². The van der Waals surface area contributed by atoms with Gasteiger partial charge in [-0.05, 0) is 24.8 Å². The Kier molecular flexibility index (Phi) is 10.6. The molecular formula is C24H34N2O6. The zero-order valence-corrected chi connectivity index (χ0v) is 18.9. The number of hydrogen-bond acceptors (Lipinski definition) is 6. The fourth-order valence-electron chi connectivity index (χ4n) is 3.38. The normalized spacial score (nSPS) is 20.2. The van der Waals surface area contributed by atoms with Gasteiger partial charge in [-0.15, -0.1) is 0 Å². The molecule has 2 rings (SSSR count). The molecular weight excluding hydrogens is 412 g/mol. The smallest absolute Gasteiger partial charge is 0.252 e. The average molecular weight is 447 g/mol. The van der Waals surface area contributed by atoms with Crippen LogP contribution in [-0.2, 0) is 25.7 Å². The van der Waals surface area contributed by atoms with Crippen molar-refractivity contribution in [2.45, 2.75) is 70.2 Å². The van der Waals surface area contributed by atoms with Crippen LogP contribution in [0.3, 0.4) is 0 Å². The van der Waals surface area contributed by atoms with Gasteiger partial charge in [0.2, 0.25) is 5.91 Å². The minimum Gasteiger partial charge on any atom is -0.387 e. The third kappa shape index (κ3) is 7.92. The van der Waals surface area contributed by atoms with E-state index in [1.807, 2.05) is 44.2 Å². The molecule has 1 aromatic carbocycles. The maximum Gasteiger partial charge on any atom is 0.252 e. The predicted octanol–water partition coefficient (Wildman–Crippen LogP) is 0.753. The van der Waals surface area contributed by atoms with Crippen LogP contribution in [0.5, 0.6) is 0 Å². The number of amides is 2. The van der Waals surface area contributed by atoms with Crippen LogP contribution < -0.4 is 10.6 Å². The minimum atomic E-state index is -1.52. The molecule has 1 heterocycles. The van der Waals surface area contributed by atoms with Crippen LogP contribution in [-0.4, -0.2) is 66.1 Å². The number of methoxy groups -OCH3 is 1. The standard InChI is InChI=1S/C24H34N2O6/c1-16(2)12-13-19(27)21(32-15-17-9-5-4-6-10-17)20(28)22(31-3)24(30)26-18-11-7-8-14-25-23(18)29/h4-6,9-10,16,18-22,27-28H,7-8,11,14-15H2,1-3H3,(H,25,29)(H,26,30)/t18-,19+,20+,21-,22+/m0/s1. The second-order valence-corrected chi connectivity index (χ2v) is 8.14. The molecule has 1 aromatic rings. The molecule has 0 aromatic heterocycles. The fraction of sp³-hybridized carbons (Fsp3) is 0.583. The molecule has 1 aliphatic heterocycles. The highest BCUT2D eigenvalue weighted by Gasteiger charge is 2.38. The highest BCUT2D eigenvalue weighted by molar-refractivity contribution is 5.89. The minimum absolute atomic E-state index is 0.00633. The van der Waals surface area contributed by atoms with Gasteiger partial charge < -0.3 is 30.3 Å². The molecule has 2 amide bonds. The van der Waals surface area contributed by atoms with Crippen LogP contribution >= 0.6 is 0 Å².